The van der Waals surface area contributed by atoms with Crippen molar-refractivity contribution in [2.24, 2.45) is 11.7 Å². The SMILES string of the molecule is CCOC(=O)CN(CC(CC)C(=O)O)C(=O)CCCCCN. The summed E-state index contributed by atoms with van der Waals surface area (Å²) in [5.41, 5.74) is 5.40. The Morgan fingerprint density at radius 2 is 1.86 bits per heavy atom. The molecular weight excluding hydrogens is 288 g/mol. The van der Waals surface area contributed by atoms with Crippen molar-refractivity contribution in [1.29, 1.82) is 0 Å². The van der Waals surface area contributed by atoms with E-state index in [0.29, 0.717) is 19.4 Å². The summed E-state index contributed by atoms with van der Waals surface area (Å²) in [6, 6.07) is 0. The van der Waals surface area contributed by atoms with Crippen LogP contribution in [0.4, 0.5) is 0 Å². The number of carbonyl (C=O) groups is 3. The lowest BCUT2D eigenvalue weighted by molar-refractivity contribution is -0.151. The van der Waals surface area contributed by atoms with Crippen molar-refractivity contribution in [1.82, 2.24) is 4.90 Å². The summed E-state index contributed by atoms with van der Waals surface area (Å²) in [5, 5.41) is 9.12. The lowest BCUT2D eigenvalue weighted by atomic mass is 10.1. The first-order chi connectivity index (χ1) is 10.5. The number of carboxylic acid groups (broad SMARTS) is 1. The second-order valence-corrected chi connectivity index (χ2v) is 5.12. The average molecular weight is 316 g/mol. The number of ether oxygens (including phenoxy) is 1. The quantitative estimate of drug-likeness (QED) is 0.411. The molecule has 0 saturated carbocycles. The van der Waals surface area contributed by atoms with Gasteiger partial charge in [0.25, 0.3) is 0 Å². The second kappa shape index (κ2) is 12.0. The standard InChI is InChI=1S/C15H28N2O5/c1-3-12(15(20)21)10-17(11-14(19)22-4-2)13(18)8-6-5-7-9-16/h12H,3-11,16H2,1-2H3,(H,20,21). The topological polar surface area (TPSA) is 110 Å². The van der Waals surface area contributed by atoms with Gasteiger partial charge in [-0.15, -0.1) is 0 Å². The maximum Gasteiger partial charge on any atom is 0.325 e. The molecule has 1 atom stereocenters. The van der Waals surface area contributed by atoms with Crippen LogP contribution in [0.25, 0.3) is 0 Å². The monoisotopic (exact) mass is 316 g/mol. The third kappa shape index (κ3) is 8.61. The highest BCUT2D eigenvalue weighted by Gasteiger charge is 2.24. The van der Waals surface area contributed by atoms with Crippen molar-refractivity contribution in [2.45, 2.75) is 46.0 Å². The second-order valence-electron chi connectivity index (χ2n) is 5.12. The van der Waals surface area contributed by atoms with E-state index < -0.39 is 17.9 Å². The summed E-state index contributed by atoms with van der Waals surface area (Å²) < 4.78 is 4.84. The molecule has 0 saturated heterocycles. The van der Waals surface area contributed by atoms with E-state index in [1.54, 1.807) is 13.8 Å². The van der Waals surface area contributed by atoms with Crippen molar-refractivity contribution < 1.29 is 24.2 Å². The number of esters is 1. The molecule has 0 spiro atoms. The molecule has 1 amide bonds. The van der Waals surface area contributed by atoms with Crippen LogP contribution in [0, 0.1) is 5.92 Å². The van der Waals surface area contributed by atoms with Crippen LogP contribution in [0.1, 0.15) is 46.0 Å². The third-order valence-electron chi connectivity index (χ3n) is 3.36. The molecule has 0 bridgehead atoms. The normalized spacial score (nSPS) is 11.8. The Hall–Kier alpha value is -1.63. The van der Waals surface area contributed by atoms with Gasteiger partial charge in [0.05, 0.1) is 12.5 Å². The summed E-state index contributed by atoms with van der Waals surface area (Å²) in [6.45, 7) is 4.06. The maximum atomic E-state index is 12.2. The van der Waals surface area contributed by atoms with E-state index in [9.17, 15) is 14.4 Å². The van der Waals surface area contributed by atoms with Crippen LogP contribution in [0.5, 0.6) is 0 Å². The number of carboxylic acids is 1. The largest absolute Gasteiger partial charge is 0.481 e. The van der Waals surface area contributed by atoms with Crippen molar-refractivity contribution in [3.05, 3.63) is 0 Å². The van der Waals surface area contributed by atoms with Gasteiger partial charge in [0.2, 0.25) is 5.91 Å². The predicted octanol–water partition coefficient (Wildman–Crippen LogP) is 1.01. The molecule has 1 unspecified atom stereocenters. The van der Waals surface area contributed by atoms with Crippen LogP contribution in [0.2, 0.25) is 0 Å². The fourth-order valence-electron chi connectivity index (χ4n) is 2.02. The first-order valence-electron chi connectivity index (χ1n) is 7.82. The zero-order valence-corrected chi connectivity index (χ0v) is 13.5. The van der Waals surface area contributed by atoms with Crippen molar-refractivity contribution in [3.63, 3.8) is 0 Å². The Balaban J connectivity index is 4.65. The van der Waals surface area contributed by atoms with Crippen molar-refractivity contribution in [2.75, 3.05) is 26.2 Å². The van der Waals surface area contributed by atoms with Crippen molar-refractivity contribution in [3.8, 4) is 0 Å². The molecule has 7 heteroatoms. The molecule has 0 aromatic heterocycles. The number of carbonyl (C=O) groups excluding carboxylic acids is 2. The molecule has 128 valence electrons. The summed E-state index contributed by atoms with van der Waals surface area (Å²) >= 11 is 0. The first-order valence-corrected chi connectivity index (χ1v) is 7.82. The van der Waals surface area contributed by atoms with E-state index >= 15 is 0 Å². The Kier molecular flexibility index (Phi) is 11.1. The molecule has 0 aliphatic heterocycles. The zero-order valence-electron chi connectivity index (χ0n) is 13.5. The van der Waals surface area contributed by atoms with Gasteiger partial charge in [0.1, 0.15) is 6.54 Å². The van der Waals surface area contributed by atoms with Gasteiger partial charge in [0, 0.05) is 13.0 Å². The highest BCUT2D eigenvalue weighted by atomic mass is 16.5. The highest BCUT2D eigenvalue weighted by Crippen LogP contribution is 2.10. The van der Waals surface area contributed by atoms with Gasteiger partial charge in [-0.25, -0.2) is 0 Å². The van der Waals surface area contributed by atoms with Crippen LogP contribution in [0.15, 0.2) is 0 Å². The smallest absolute Gasteiger partial charge is 0.325 e. The van der Waals surface area contributed by atoms with Gasteiger partial charge >= 0.3 is 11.9 Å². The van der Waals surface area contributed by atoms with Gasteiger partial charge in [-0.3, -0.25) is 14.4 Å². The van der Waals surface area contributed by atoms with Gasteiger partial charge < -0.3 is 20.5 Å². The number of aliphatic carboxylic acids is 1. The molecule has 0 fully saturated rings. The van der Waals surface area contributed by atoms with Crippen LogP contribution < -0.4 is 5.73 Å². The predicted molar refractivity (Wildman–Crippen MR) is 82.2 cm³/mol. The first kappa shape index (κ1) is 20.4. The van der Waals surface area contributed by atoms with Gasteiger partial charge in [-0.2, -0.15) is 0 Å². The molecule has 0 radical (unpaired) electrons. The zero-order chi connectivity index (χ0) is 17.0. The Bertz CT molecular complexity index is 360. The van der Waals surface area contributed by atoms with Crippen LogP contribution >= 0.6 is 0 Å². The van der Waals surface area contributed by atoms with E-state index in [1.807, 2.05) is 0 Å². The maximum absolute atomic E-state index is 12.2. The van der Waals surface area contributed by atoms with Crippen LogP contribution in [-0.4, -0.2) is 54.1 Å². The number of rotatable bonds is 12. The van der Waals surface area contributed by atoms with Gasteiger partial charge in [-0.1, -0.05) is 13.3 Å². The summed E-state index contributed by atoms with van der Waals surface area (Å²) in [7, 11) is 0. The molecule has 0 aromatic carbocycles. The summed E-state index contributed by atoms with van der Waals surface area (Å²) in [6.07, 6.45) is 3.05. The molecule has 3 N–H and O–H groups in total. The number of hydrogen-bond acceptors (Lipinski definition) is 5. The molecule has 0 heterocycles. The summed E-state index contributed by atoms with van der Waals surface area (Å²) in [5.74, 6) is -2.38. The van der Waals surface area contributed by atoms with E-state index in [2.05, 4.69) is 0 Å². The lowest BCUT2D eigenvalue weighted by Crippen LogP contribution is -2.41. The molecular formula is C15H28N2O5. The molecule has 22 heavy (non-hydrogen) atoms. The Morgan fingerprint density at radius 1 is 1.18 bits per heavy atom. The van der Waals surface area contributed by atoms with Crippen molar-refractivity contribution >= 4 is 17.8 Å². The van der Waals surface area contributed by atoms with Gasteiger partial charge in [-0.05, 0) is 32.7 Å². The highest BCUT2D eigenvalue weighted by molar-refractivity contribution is 5.82. The number of amides is 1. The van der Waals surface area contributed by atoms with E-state index in [4.69, 9.17) is 15.6 Å². The molecule has 0 aromatic rings. The van der Waals surface area contributed by atoms with E-state index in [-0.39, 0.29) is 32.0 Å². The van der Waals surface area contributed by atoms with E-state index in [0.717, 1.165) is 12.8 Å². The summed E-state index contributed by atoms with van der Waals surface area (Å²) in [4.78, 5) is 36.2. The average Bonchev–Trinajstić information content (AvgIpc) is 2.47. The molecule has 7 nitrogen and oxygen atoms in total. The molecule has 0 aliphatic rings. The third-order valence-corrected chi connectivity index (χ3v) is 3.36. The fourth-order valence-corrected chi connectivity index (χ4v) is 2.02. The minimum atomic E-state index is -0.965. The molecule has 0 rings (SSSR count). The van der Waals surface area contributed by atoms with Crippen LogP contribution in [0.3, 0.4) is 0 Å². The number of hydrogen-bond donors (Lipinski definition) is 2. The fraction of sp³-hybridized carbons (Fsp3) is 0.800. The Labute approximate surface area is 131 Å². The lowest BCUT2D eigenvalue weighted by Gasteiger charge is -2.24. The number of unbranched alkanes of at least 4 members (excludes halogenated alkanes) is 2. The number of nitrogens with two attached hydrogens (primary N) is 1. The molecule has 0 aliphatic carbocycles. The van der Waals surface area contributed by atoms with Crippen LogP contribution in [-0.2, 0) is 19.1 Å². The number of nitrogens with zero attached hydrogens (tertiary/aromatic N) is 1. The minimum absolute atomic E-state index is 0.0281. The Morgan fingerprint density at radius 3 is 2.36 bits per heavy atom. The van der Waals surface area contributed by atoms with Gasteiger partial charge in [0.15, 0.2) is 0 Å². The minimum Gasteiger partial charge on any atom is -0.481 e. The van der Waals surface area contributed by atoms with E-state index in [1.165, 1.54) is 4.90 Å².